The molecule has 60 valence electrons. The number of nitrogens with zero attached hydrogens (tertiary/aromatic N) is 1. The SMILES string of the molecule is C=C(C)c1sccc1N(C)C. The van der Waals surface area contributed by atoms with E-state index in [1.165, 1.54) is 10.6 Å². The van der Waals surface area contributed by atoms with Crippen LogP contribution in [0.25, 0.3) is 5.57 Å². The minimum Gasteiger partial charge on any atom is -0.376 e. The van der Waals surface area contributed by atoms with E-state index in [-0.39, 0.29) is 0 Å². The zero-order valence-electron chi connectivity index (χ0n) is 7.22. The van der Waals surface area contributed by atoms with Crippen LogP contribution in [0.2, 0.25) is 0 Å². The normalized spacial score (nSPS) is 9.73. The molecule has 1 rings (SSSR count). The average Bonchev–Trinajstić information content (AvgIpc) is 2.32. The summed E-state index contributed by atoms with van der Waals surface area (Å²) in [5, 5.41) is 2.10. The first-order chi connectivity index (χ1) is 5.13. The Balaban J connectivity index is 3.06. The second kappa shape index (κ2) is 3.09. The predicted molar refractivity (Wildman–Crippen MR) is 53.4 cm³/mol. The van der Waals surface area contributed by atoms with Gasteiger partial charge in [0, 0.05) is 14.1 Å². The molecule has 1 aromatic heterocycles. The smallest absolute Gasteiger partial charge is 0.0546 e. The molecule has 1 heterocycles. The lowest BCUT2D eigenvalue weighted by Crippen LogP contribution is -2.08. The van der Waals surface area contributed by atoms with Crippen LogP contribution in [-0.4, -0.2) is 14.1 Å². The van der Waals surface area contributed by atoms with Crippen molar-refractivity contribution in [3.05, 3.63) is 22.9 Å². The second-order valence-electron chi connectivity index (χ2n) is 2.81. The van der Waals surface area contributed by atoms with Gasteiger partial charge in [-0.15, -0.1) is 11.3 Å². The Labute approximate surface area is 72.0 Å². The molecule has 1 aromatic rings. The van der Waals surface area contributed by atoms with Crippen LogP contribution in [0.3, 0.4) is 0 Å². The fraction of sp³-hybridized carbons (Fsp3) is 0.333. The summed E-state index contributed by atoms with van der Waals surface area (Å²) in [5.74, 6) is 0. The van der Waals surface area contributed by atoms with Crippen molar-refractivity contribution in [2.45, 2.75) is 6.92 Å². The molecule has 0 aliphatic rings. The Morgan fingerprint density at radius 3 is 2.55 bits per heavy atom. The van der Waals surface area contributed by atoms with Crippen molar-refractivity contribution in [1.82, 2.24) is 0 Å². The zero-order valence-corrected chi connectivity index (χ0v) is 8.03. The van der Waals surface area contributed by atoms with Crippen LogP contribution in [0.5, 0.6) is 0 Å². The van der Waals surface area contributed by atoms with Gasteiger partial charge in [0.2, 0.25) is 0 Å². The zero-order chi connectivity index (χ0) is 8.43. The van der Waals surface area contributed by atoms with Crippen molar-refractivity contribution in [3.63, 3.8) is 0 Å². The highest BCUT2D eigenvalue weighted by Gasteiger charge is 2.05. The van der Waals surface area contributed by atoms with Gasteiger partial charge in [0.15, 0.2) is 0 Å². The van der Waals surface area contributed by atoms with Gasteiger partial charge >= 0.3 is 0 Å². The third-order valence-corrected chi connectivity index (χ3v) is 2.58. The van der Waals surface area contributed by atoms with Crippen molar-refractivity contribution in [3.8, 4) is 0 Å². The monoisotopic (exact) mass is 167 g/mol. The van der Waals surface area contributed by atoms with Gasteiger partial charge in [-0.05, 0) is 23.9 Å². The van der Waals surface area contributed by atoms with Gasteiger partial charge in [-0.3, -0.25) is 0 Å². The molecule has 0 unspecified atom stereocenters. The average molecular weight is 167 g/mol. The van der Waals surface area contributed by atoms with E-state index in [0.29, 0.717) is 0 Å². The van der Waals surface area contributed by atoms with E-state index in [1.807, 2.05) is 6.92 Å². The summed E-state index contributed by atoms with van der Waals surface area (Å²) in [6, 6.07) is 2.12. The van der Waals surface area contributed by atoms with Crippen molar-refractivity contribution in [2.75, 3.05) is 19.0 Å². The van der Waals surface area contributed by atoms with Crippen molar-refractivity contribution < 1.29 is 0 Å². The Hall–Kier alpha value is -0.760. The summed E-state index contributed by atoms with van der Waals surface area (Å²) >= 11 is 1.74. The van der Waals surface area contributed by atoms with Crippen LogP contribution in [0, 0.1) is 0 Å². The fourth-order valence-electron chi connectivity index (χ4n) is 0.974. The largest absolute Gasteiger partial charge is 0.376 e. The molecule has 0 radical (unpaired) electrons. The molecule has 0 amide bonds. The van der Waals surface area contributed by atoms with Crippen molar-refractivity contribution in [1.29, 1.82) is 0 Å². The molecule has 0 fully saturated rings. The lowest BCUT2D eigenvalue weighted by atomic mass is 10.2. The van der Waals surface area contributed by atoms with Gasteiger partial charge in [0.1, 0.15) is 0 Å². The first kappa shape index (κ1) is 8.34. The number of rotatable bonds is 2. The van der Waals surface area contributed by atoms with Gasteiger partial charge in [-0.25, -0.2) is 0 Å². The van der Waals surface area contributed by atoms with Crippen LogP contribution in [-0.2, 0) is 0 Å². The van der Waals surface area contributed by atoms with Crippen LogP contribution in [0.15, 0.2) is 18.0 Å². The molecule has 2 heteroatoms. The van der Waals surface area contributed by atoms with Crippen LogP contribution in [0.1, 0.15) is 11.8 Å². The lowest BCUT2D eigenvalue weighted by Gasteiger charge is -2.12. The van der Waals surface area contributed by atoms with Crippen LogP contribution in [0.4, 0.5) is 5.69 Å². The third-order valence-electron chi connectivity index (χ3n) is 1.51. The molecular formula is C9H13NS. The minimum absolute atomic E-state index is 1.14. The van der Waals surface area contributed by atoms with E-state index in [2.05, 4.69) is 37.0 Å². The van der Waals surface area contributed by atoms with E-state index < -0.39 is 0 Å². The maximum atomic E-state index is 3.92. The standard InChI is InChI=1S/C9H13NS/c1-7(2)9-8(10(3)4)5-6-11-9/h5-6H,1H2,2-4H3. The second-order valence-corrected chi connectivity index (χ2v) is 3.73. The first-order valence-corrected chi connectivity index (χ1v) is 4.41. The van der Waals surface area contributed by atoms with E-state index in [9.17, 15) is 0 Å². The number of hydrogen-bond donors (Lipinski definition) is 0. The summed E-state index contributed by atoms with van der Waals surface area (Å²) < 4.78 is 0. The summed E-state index contributed by atoms with van der Waals surface area (Å²) in [6.07, 6.45) is 0. The number of hydrogen-bond acceptors (Lipinski definition) is 2. The summed E-state index contributed by atoms with van der Waals surface area (Å²) in [7, 11) is 4.10. The predicted octanol–water partition coefficient (Wildman–Crippen LogP) is 2.85. The molecule has 0 bridgehead atoms. The van der Waals surface area contributed by atoms with Gasteiger partial charge in [0.05, 0.1) is 10.6 Å². The maximum Gasteiger partial charge on any atom is 0.0546 e. The molecule has 0 aliphatic carbocycles. The van der Waals surface area contributed by atoms with Gasteiger partial charge in [-0.1, -0.05) is 6.58 Å². The van der Waals surface area contributed by atoms with Crippen molar-refractivity contribution in [2.24, 2.45) is 0 Å². The quantitative estimate of drug-likeness (QED) is 0.654. The Morgan fingerprint density at radius 2 is 2.18 bits per heavy atom. The molecule has 0 aromatic carbocycles. The lowest BCUT2D eigenvalue weighted by molar-refractivity contribution is 1.14. The van der Waals surface area contributed by atoms with Gasteiger partial charge in [0.25, 0.3) is 0 Å². The molecule has 0 saturated heterocycles. The third kappa shape index (κ3) is 1.63. The van der Waals surface area contributed by atoms with E-state index in [4.69, 9.17) is 0 Å². The molecule has 0 saturated carbocycles. The topological polar surface area (TPSA) is 3.24 Å². The molecular weight excluding hydrogens is 154 g/mol. The van der Waals surface area contributed by atoms with Gasteiger partial charge < -0.3 is 4.90 Å². The Kier molecular flexibility index (Phi) is 2.35. The molecule has 0 spiro atoms. The van der Waals surface area contributed by atoms with E-state index >= 15 is 0 Å². The summed E-state index contributed by atoms with van der Waals surface area (Å²) in [6.45, 7) is 5.96. The number of thiophene rings is 1. The highest BCUT2D eigenvalue weighted by atomic mass is 32.1. The van der Waals surface area contributed by atoms with E-state index in [1.54, 1.807) is 11.3 Å². The van der Waals surface area contributed by atoms with Crippen LogP contribution >= 0.6 is 11.3 Å². The number of anilines is 1. The Morgan fingerprint density at radius 1 is 1.55 bits per heavy atom. The van der Waals surface area contributed by atoms with Crippen LogP contribution < -0.4 is 4.90 Å². The van der Waals surface area contributed by atoms with E-state index in [0.717, 1.165) is 5.57 Å². The molecule has 0 aliphatic heterocycles. The first-order valence-electron chi connectivity index (χ1n) is 3.53. The minimum atomic E-state index is 1.14. The van der Waals surface area contributed by atoms with Gasteiger partial charge in [-0.2, -0.15) is 0 Å². The highest BCUT2D eigenvalue weighted by Crippen LogP contribution is 2.29. The summed E-state index contributed by atoms with van der Waals surface area (Å²) in [4.78, 5) is 3.40. The number of allylic oxidation sites excluding steroid dienone is 1. The summed E-state index contributed by atoms with van der Waals surface area (Å²) in [5.41, 5.74) is 2.41. The molecule has 11 heavy (non-hydrogen) atoms. The highest BCUT2D eigenvalue weighted by molar-refractivity contribution is 7.11. The fourth-order valence-corrected chi connectivity index (χ4v) is 1.88. The van der Waals surface area contributed by atoms with Crippen molar-refractivity contribution >= 4 is 22.6 Å². The maximum absolute atomic E-state index is 3.92. The molecule has 1 nitrogen and oxygen atoms in total. The Bertz CT molecular complexity index is 260. The molecule has 0 N–H and O–H groups in total. The molecule has 0 atom stereocenters.